The Labute approximate surface area is 198 Å². The fraction of sp³-hybridized carbons (Fsp3) is 0.500. The Morgan fingerprint density at radius 1 is 1.24 bits per heavy atom. The Balaban J connectivity index is 2.70. The maximum absolute atomic E-state index is 13.8. The van der Waals surface area contributed by atoms with Crippen molar-refractivity contribution in [2.45, 2.75) is 46.6 Å². The molecule has 10 nitrogen and oxygen atoms in total. The number of carbonyl (C=O) groups is 3. The molecule has 0 aromatic heterocycles. The number of likely N-dealkylation sites (N-methyl/N-ethyl adjacent to an activating group) is 1. The van der Waals surface area contributed by atoms with Gasteiger partial charge in [-0.25, -0.2) is 4.79 Å². The fourth-order valence-electron chi connectivity index (χ4n) is 4.36. The number of ether oxygens (including phenoxy) is 2. The van der Waals surface area contributed by atoms with Crippen molar-refractivity contribution in [3.05, 3.63) is 51.2 Å². The highest BCUT2D eigenvalue weighted by Crippen LogP contribution is 2.41. The topological polar surface area (TPSA) is 128 Å². The van der Waals surface area contributed by atoms with Gasteiger partial charge in [-0.1, -0.05) is 26.0 Å². The van der Waals surface area contributed by atoms with Crippen LogP contribution in [0.4, 0.5) is 5.69 Å². The fourth-order valence-corrected chi connectivity index (χ4v) is 4.36. The Morgan fingerprint density at radius 2 is 1.88 bits per heavy atom. The van der Waals surface area contributed by atoms with Crippen molar-refractivity contribution in [2.75, 3.05) is 20.8 Å². The lowest BCUT2D eigenvalue weighted by molar-refractivity contribution is -0.384. The summed E-state index contributed by atoms with van der Waals surface area (Å²) in [5, 5.41) is 11.4. The predicted molar refractivity (Wildman–Crippen MR) is 125 cm³/mol. The summed E-state index contributed by atoms with van der Waals surface area (Å²) in [6, 6.07) is 4.92. The zero-order chi connectivity index (χ0) is 25.7. The molecule has 1 aliphatic heterocycles. The number of carbonyl (C=O) groups excluding carboxylic acids is 3. The van der Waals surface area contributed by atoms with Gasteiger partial charge in [0.05, 0.1) is 18.6 Å². The van der Waals surface area contributed by atoms with Gasteiger partial charge in [-0.05, 0) is 32.3 Å². The zero-order valence-electron chi connectivity index (χ0n) is 20.5. The maximum atomic E-state index is 13.8. The average Bonchev–Trinajstić information content (AvgIpc) is 2.77. The molecule has 0 spiro atoms. The number of hydrogen-bond acceptors (Lipinski definition) is 8. The first kappa shape index (κ1) is 26.7. The van der Waals surface area contributed by atoms with Gasteiger partial charge >= 0.3 is 11.9 Å². The third-order valence-corrected chi connectivity index (χ3v) is 5.85. The molecule has 184 valence electrons. The number of nitro benzene ring substituents is 1. The lowest BCUT2D eigenvalue weighted by atomic mass is 9.75. The molecule has 1 unspecified atom stereocenters. The minimum atomic E-state index is -0.969. The molecule has 3 atom stereocenters. The van der Waals surface area contributed by atoms with E-state index in [1.165, 1.54) is 37.3 Å². The predicted octanol–water partition coefficient (Wildman–Crippen LogP) is 3.26. The minimum absolute atomic E-state index is 0.163. The van der Waals surface area contributed by atoms with Crippen LogP contribution in [0.15, 0.2) is 40.5 Å². The number of esters is 2. The molecule has 0 saturated carbocycles. The van der Waals surface area contributed by atoms with Gasteiger partial charge in [0.25, 0.3) is 11.6 Å². The van der Waals surface area contributed by atoms with Crippen molar-refractivity contribution in [1.82, 2.24) is 4.90 Å². The summed E-state index contributed by atoms with van der Waals surface area (Å²) in [6.07, 6.45) is 0. The van der Waals surface area contributed by atoms with E-state index in [0.717, 1.165) is 0 Å². The number of amides is 1. The van der Waals surface area contributed by atoms with E-state index in [4.69, 9.17) is 9.47 Å². The second kappa shape index (κ2) is 11.0. The number of allylic oxidation sites excluding steroid dienone is 1. The summed E-state index contributed by atoms with van der Waals surface area (Å²) in [4.78, 5) is 55.9. The number of benzene rings is 1. The van der Waals surface area contributed by atoms with E-state index in [0.29, 0.717) is 17.0 Å². The van der Waals surface area contributed by atoms with E-state index in [-0.39, 0.29) is 23.8 Å². The van der Waals surface area contributed by atoms with E-state index in [1.54, 1.807) is 40.7 Å². The van der Waals surface area contributed by atoms with Crippen molar-refractivity contribution in [3.8, 4) is 0 Å². The van der Waals surface area contributed by atoms with Gasteiger partial charge in [0, 0.05) is 42.1 Å². The molecule has 0 N–H and O–H groups in total. The molecule has 0 bridgehead atoms. The Bertz CT molecular complexity index is 1040. The van der Waals surface area contributed by atoms with Crippen LogP contribution in [0.5, 0.6) is 0 Å². The first-order chi connectivity index (χ1) is 16.0. The second-order valence-corrected chi connectivity index (χ2v) is 8.44. The van der Waals surface area contributed by atoms with Crippen LogP contribution in [0.1, 0.15) is 46.1 Å². The number of nitrogens with zero attached hydrogens (tertiary/aromatic N) is 3. The largest absolute Gasteiger partial charge is 0.468 e. The number of hydrogen-bond donors (Lipinski definition) is 0. The van der Waals surface area contributed by atoms with Crippen LogP contribution in [0, 0.1) is 22.0 Å². The molecule has 1 aromatic rings. The second-order valence-electron chi connectivity index (χ2n) is 8.44. The normalized spacial score (nSPS) is 18.8. The standard InChI is InChI=1S/C24H31N3O7/c1-8-34-24(30)21(13(2)3)26(6)22(28)18-14(4)25-15(5)19(23(29)33-7)20(18)16-10-9-11-17(12-16)27(31)32/h9-13,19-21H,8H2,1-7H3/t19?,20-,21-/m0/s1. The van der Waals surface area contributed by atoms with Gasteiger partial charge in [0.15, 0.2) is 0 Å². The van der Waals surface area contributed by atoms with E-state index in [9.17, 15) is 24.5 Å². The molecule has 1 aliphatic rings. The average molecular weight is 474 g/mol. The number of rotatable bonds is 8. The number of non-ortho nitro benzene ring substituents is 1. The molecule has 0 aliphatic carbocycles. The molecular formula is C24H31N3O7. The van der Waals surface area contributed by atoms with E-state index >= 15 is 0 Å². The molecule has 0 saturated heterocycles. The summed E-state index contributed by atoms with van der Waals surface area (Å²) < 4.78 is 10.2. The van der Waals surface area contributed by atoms with Crippen LogP contribution >= 0.6 is 0 Å². The van der Waals surface area contributed by atoms with E-state index < -0.39 is 40.6 Å². The van der Waals surface area contributed by atoms with Gasteiger partial charge in [0.2, 0.25) is 0 Å². The van der Waals surface area contributed by atoms with Crippen LogP contribution in [-0.4, -0.2) is 60.2 Å². The van der Waals surface area contributed by atoms with Gasteiger partial charge < -0.3 is 14.4 Å². The van der Waals surface area contributed by atoms with Gasteiger partial charge in [-0.3, -0.25) is 24.7 Å². The van der Waals surface area contributed by atoms with Gasteiger partial charge in [0.1, 0.15) is 12.0 Å². The minimum Gasteiger partial charge on any atom is -0.468 e. The number of aliphatic imine (C=N–C) groups is 1. The Morgan fingerprint density at radius 3 is 2.41 bits per heavy atom. The van der Waals surface area contributed by atoms with Crippen LogP contribution in [0.25, 0.3) is 0 Å². The maximum Gasteiger partial charge on any atom is 0.329 e. The highest BCUT2D eigenvalue weighted by atomic mass is 16.6. The molecular weight excluding hydrogens is 442 g/mol. The summed E-state index contributed by atoms with van der Waals surface area (Å²) in [5.41, 5.74) is 1.17. The number of nitro groups is 1. The molecule has 10 heteroatoms. The highest BCUT2D eigenvalue weighted by molar-refractivity contribution is 6.08. The molecule has 1 amide bonds. The lowest BCUT2D eigenvalue weighted by Crippen LogP contribution is -2.49. The molecule has 1 heterocycles. The third-order valence-electron chi connectivity index (χ3n) is 5.85. The number of methoxy groups -OCH3 is 1. The summed E-state index contributed by atoms with van der Waals surface area (Å²) in [5.74, 6) is -3.80. The van der Waals surface area contributed by atoms with E-state index in [2.05, 4.69) is 4.99 Å². The Kier molecular flexibility index (Phi) is 8.67. The summed E-state index contributed by atoms with van der Waals surface area (Å²) in [7, 11) is 2.72. The quantitative estimate of drug-likeness (QED) is 0.322. The molecule has 2 rings (SSSR count). The van der Waals surface area contributed by atoms with Gasteiger partial charge in [-0.2, -0.15) is 0 Å². The smallest absolute Gasteiger partial charge is 0.329 e. The monoisotopic (exact) mass is 473 g/mol. The zero-order valence-corrected chi connectivity index (χ0v) is 20.5. The third kappa shape index (κ3) is 5.32. The van der Waals surface area contributed by atoms with E-state index in [1.807, 2.05) is 0 Å². The first-order valence-corrected chi connectivity index (χ1v) is 11.0. The molecule has 0 radical (unpaired) electrons. The Hall–Kier alpha value is -3.56. The SMILES string of the molecule is CCOC(=O)[C@H](C(C)C)N(C)C(=O)C1=C(C)N=C(C)C(C(=O)OC)[C@H]1c1cccc([N+](=O)[O-])c1. The molecule has 0 fully saturated rings. The summed E-state index contributed by atoms with van der Waals surface area (Å²) in [6.45, 7) is 8.72. The van der Waals surface area contributed by atoms with Crippen LogP contribution in [0.3, 0.4) is 0 Å². The highest BCUT2D eigenvalue weighted by Gasteiger charge is 2.44. The van der Waals surface area contributed by atoms with Crippen molar-refractivity contribution in [2.24, 2.45) is 16.8 Å². The van der Waals surface area contributed by atoms with Crippen molar-refractivity contribution in [1.29, 1.82) is 0 Å². The lowest BCUT2D eigenvalue weighted by Gasteiger charge is -2.36. The van der Waals surface area contributed by atoms with Crippen molar-refractivity contribution >= 4 is 29.2 Å². The van der Waals surface area contributed by atoms with Crippen LogP contribution in [-0.2, 0) is 23.9 Å². The van der Waals surface area contributed by atoms with Crippen LogP contribution < -0.4 is 0 Å². The van der Waals surface area contributed by atoms with Gasteiger partial charge in [-0.15, -0.1) is 0 Å². The van der Waals surface area contributed by atoms with Crippen LogP contribution in [0.2, 0.25) is 0 Å². The first-order valence-electron chi connectivity index (χ1n) is 11.0. The van der Waals surface area contributed by atoms with Crippen molar-refractivity contribution in [3.63, 3.8) is 0 Å². The molecule has 1 aromatic carbocycles. The summed E-state index contributed by atoms with van der Waals surface area (Å²) >= 11 is 0. The molecule has 34 heavy (non-hydrogen) atoms. The van der Waals surface area contributed by atoms with Crippen molar-refractivity contribution < 1.29 is 28.8 Å².